The van der Waals surface area contributed by atoms with Gasteiger partial charge in [-0.2, -0.15) is 0 Å². The summed E-state index contributed by atoms with van der Waals surface area (Å²) in [5.74, 6) is 0.835. The second-order valence-electron chi connectivity index (χ2n) is 3.78. The van der Waals surface area contributed by atoms with E-state index in [0.717, 1.165) is 16.0 Å². The minimum absolute atomic E-state index is 0.119. The molecule has 1 aromatic carbocycles. The zero-order valence-corrected chi connectivity index (χ0v) is 9.85. The van der Waals surface area contributed by atoms with Crippen LogP contribution < -0.4 is 0 Å². The maximum atomic E-state index is 12.2. The van der Waals surface area contributed by atoms with E-state index >= 15 is 0 Å². The van der Waals surface area contributed by atoms with Gasteiger partial charge < -0.3 is 4.57 Å². The second-order valence-corrected chi connectivity index (χ2v) is 4.80. The van der Waals surface area contributed by atoms with Crippen molar-refractivity contribution in [2.45, 2.75) is 4.90 Å². The number of nitrogens with zero attached hydrogens (tertiary/aromatic N) is 2. The monoisotopic (exact) mass is 242 g/mol. The molecule has 1 aromatic heterocycles. The van der Waals surface area contributed by atoms with Gasteiger partial charge in [0.15, 0.2) is 5.78 Å². The standard InChI is InChI=1S/C13H10N2OS/c16-13-10(7-15-6-5-14-9-15)8-17-12-4-2-1-3-11(12)13/h1-7,9H,8H2/b10-7-. The summed E-state index contributed by atoms with van der Waals surface area (Å²) >= 11 is 1.70. The van der Waals surface area contributed by atoms with Crippen molar-refractivity contribution in [2.75, 3.05) is 5.75 Å². The molecule has 3 nitrogen and oxygen atoms in total. The van der Waals surface area contributed by atoms with E-state index in [1.165, 1.54) is 0 Å². The fourth-order valence-corrected chi connectivity index (χ4v) is 2.80. The Kier molecular flexibility index (Phi) is 2.57. The zero-order chi connectivity index (χ0) is 11.7. The van der Waals surface area contributed by atoms with Crippen LogP contribution >= 0.6 is 11.8 Å². The summed E-state index contributed by atoms with van der Waals surface area (Å²) in [4.78, 5) is 17.3. The first-order chi connectivity index (χ1) is 8.34. The average molecular weight is 242 g/mol. The second kappa shape index (κ2) is 4.22. The van der Waals surface area contributed by atoms with E-state index in [4.69, 9.17) is 0 Å². The number of aromatic nitrogens is 2. The number of hydrogen-bond donors (Lipinski definition) is 0. The van der Waals surface area contributed by atoms with E-state index in [1.54, 1.807) is 24.3 Å². The molecule has 0 atom stereocenters. The number of Topliss-reactive ketones (excluding diaryl/α,β-unsaturated/α-hetero) is 1. The summed E-state index contributed by atoms with van der Waals surface area (Å²) in [7, 11) is 0. The Balaban J connectivity index is 2.00. The molecule has 0 aliphatic carbocycles. The van der Waals surface area contributed by atoms with Crippen molar-refractivity contribution >= 4 is 23.7 Å². The van der Waals surface area contributed by atoms with Crippen molar-refractivity contribution in [3.05, 3.63) is 54.1 Å². The quantitative estimate of drug-likeness (QED) is 0.721. The molecule has 4 heteroatoms. The van der Waals surface area contributed by atoms with Crippen LogP contribution in [0.25, 0.3) is 6.20 Å². The van der Waals surface area contributed by atoms with Crippen molar-refractivity contribution in [1.29, 1.82) is 0 Å². The van der Waals surface area contributed by atoms with Crippen LogP contribution in [0.5, 0.6) is 0 Å². The molecule has 2 aromatic rings. The van der Waals surface area contributed by atoms with Gasteiger partial charge in [0.05, 0.1) is 6.33 Å². The molecule has 2 heterocycles. The Morgan fingerprint density at radius 1 is 1.35 bits per heavy atom. The summed E-state index contributed by atoms with van der Waals surface area (Å²) < 4.78 is 1.81. The molecule has 0 saturated carbocycles. The molecule has 3 rings (SSSR count). The number of benzene rings is 1. The van der Waals surface area contributed by atoms with E-state index in [2.05, 4.69) is 4.98 Å². The van der Waals surface area contributed by atoms with Crippen LogP contribution in [0.3, 0.4) is 0 Å². The molecular weight excluding hydrogens is 232 g/mol. The fourth-order valence-electron chi connectivity index (χ4n) is 1.80. The summed E-state index contributed by atoms with van der Waals surface area (Å²) in [6, 6.07) is 7.73. The van der Waals surface area contributed by atoms with Gasteiger partial charge in [-0.1, -0.05) is 12.1 Å². The van der Waals surface area contributed by atoms with Crippen molar-refractivity contribution in [2.24, 2.45) is 0 Å². The lowest BCUT2D eigenvalue weighted by atomic mass is 10.0. The molecule has 0 radical (unpaired) electrons. The van der Waals surface area contributed by atoms with Gasteiger partial charge in [-0.3, -0.25) is 4.79 Å². The molecule has 0 amide bonds. The van der Waals surface area contributed by atoms with Gasteiger partial charge in [0.25, 0.3) is 0 Å². The molecule has 1 aliphatic heterocycles. The number of ketones is 1. The summed E-state index contributed by atoms with van der Waals surface area (Å²) in [5.41, 5.74) is 1.61. The smallest absolute Gasteiger partial charge is 0.192 e. The van der Waals surface area contributed by atoms with E-state index < -0.39 is 0 Å². The number of fused-ring (bicyclic) bond motifs is 1. The third-order valence-corrected chi connectivity index (χ3v) is 3.76. The molecule has 0 spiro atoms. The van der Waals surface area contributed by atoms with Crippen molar-refractivity contribution < 1.29 is 4.79 Å². The molecule has 0 saturated heterocycles. The highest BCUT2D eigenvalue weighted by molar-refractivity contribution is 7.99. The first-order valence-electron chi connectivity index (χ1n) is 5.29. The Labute approximate surface area is 103 Å². The topological polar surface area (TPSA) is 34.9 Å². The number of carbonyl (C=O) groups is 1. The van der Waals surface area contributed by atoms with Crippen LogP contribution in [-0.4, -0.2) is 21.1 Å². The van der Waals surface area contributed by atoms with Crippen LogP contribution in [0.15, 0.2) is 53.5 Å². The number of hydrogen-bond acceptors (Lipinski definition) is 3. The Bertz CT molecular complexity index is 587. The molecule has 0 fully saturated rings. The number of rotatable bonds is 1. The number of carbonyl (C=O) groups excluding carboxylic acids is 1. The fraction of sp³-hybridized carbons (Fsp3) is 0.0769. The summed E-state index contributed by atoms with van der Waals surface area (Å²) in [6.07, 6.45) is 7.06. The molecule has 84 valence electrons. The highest BCUT2D eigenvalue weighted by atomic mass is 32.2. The SMILES string of the molecule is O=C1/C(=C\n2ccnc2)CSc2ccccc21. The van der Waals surface area contributed by atoms with E-state index in [9.17, 15) is 4.79 Å². The zero-order valence-electron chi connectivity index (χ0n) is 9.04. The highest BCUT2D eigenvalue weighted by Gasteiger charge is 2.21. The van der Waals surface area contributed by atoms with Gasteiger partial charge in [-0.05, 0) is 12.1 Å². The lowest BCUT2D eigenvalue weighted by Gasteiger charge is -2.16. The maximum Gasteiger partial charge on any atom is 0.192 e. The van der Waals surface area contributed by atoms with Crippen molar-refractivity contribution in [3.8, 4) is 0 Å². The first kappa shape index (κ1) is 10.4. The van der Waals surface area contributed by atoms with Crippen molar-refractivity contribution in [3.63, 3.8) is 0 Å². The third kappa shape index (κ3) is 1.91. The lowest BCUT2D eigenvalue weighted by Crippen LogP contribution is -2.12. The van der Waals surface area contributed by atoms with Crippen molar-refractivity contribution in [1.82, 2.24) is 9.55 Å². The first-order valence-corrected chi connectivity index (χ1v) is 6.28. The van der Waals surface area contributed by atoms with Gasteiger partial charge in [0.2, 0.25) is 0 Å². The van der Waals surface area contributed by atoms with Crippen LogP contribution in [0.2, 0.25) is 0 Å². The Morgan fingerprint density at radius 2 is 2.24 bits per heavy atom. The van der Waals surface area contributed by atoms with Crippen LogP contribution in [0.1, 0.15) is 10.4 Å². The number of imidazole rings is 1. The molecule has 1 aliphatic rings. The van der Waals surface area contributed by atoms with Crippen LogP contribution in [0, 0.1) is 0 Å². The third-order valence-electron chi connectivity index (χ3n) is 2.64. The average Bonchev–Trinajstić information content (AvgIpc) is 2.86. The lowest BCUT2D eigenvalue weighted by molar-refractivity contribution is 0.103. The predicted octanol–water partition coefficient (Wildman–Crippen LogP) is 2.71. The molecule has 0 bridgehead atoms. The van der Waals surface area contributed by atoms with E-state index in [1.807, 2.05) is 41.2 Å². The molecule has 0 unspecified atom stereocenters. The molecule has 17 heavy (non-hydrogen) atoms. The maximum absolute atomic E-state index is 12.2. The van der Waals surface area contributed by atoms with Crippen LogP contribution in [-0.2, 0) is 0 Å². The predicted molar refractivity (Wildman–Crippen MR) is 68.0 cm³/mol. The van der Waals surface area contributed by atoms with Gasteiger partial charge in [0, 0.05) is 40.4 Å². The normalized spacial score (nSPS) is 17.2. The van der Waals surface area contributed by atoms with Gasteiger partial charge >= 0.3 is 0 Å². The van der Waals surface area contributed by atoms with Gasteiger partial charge in [-0.25, -0.2) is 4.98 Å². The largest absolute Gasteiger partial charge is 0.313 e. The van der Waals surface area contributed by atoms with E-state index in [0.29, 0.717) is 5.75 Å². The van der Waals surface area contributed by atoms with E-state index in [-0.39, 0.29) is 5.78 Å². The number of thioether (sulfide) groups is 1. The van der Waals surface area contributed by atoms with Crippen LogP contribution in [0.4, 0.5) is 0 Å². The Morgan fingerprint density at radius 3 is 3.06 bits per heavy atom. The summed E-state index contributed by atoms with van der Waals surface area (Å²) in [5, 5.41) is 0. The Hall–Kier alpha value is -1.81. The minimum Gasteiger partial charge on any atom is -0.313 e. The summed E-state index contributed by atoms with van der Waals surface area (Å²) in [6.45, 7) is 0. The highest BCUT2D eigenvalue weighted by Crippen LogP contribution is 2.32. The van der Waals surface area contributed by atoms with Gasteiger partial charge in [-0.15, -0.1) is 11.8 Å². The molecular formula is C13H10N2OS. The minimum atomic E-state index is 0.119. The van der Waals surface area contributed by atoms with Gasteiger partial charge in [0.1, 0.15) is 0 Å². The molecule has 0 N–H and O–H groups in total.